The smallest absolute Gasteiger partial charge is 0.410 e. The number of carbonyl (C=O) groups excluding carboxylic acids is 1. The van der Waals surface area contributed by atoms with E-state index >= 15 is 0 Å². The number of aromatic nitrogens is 4. The van der Waals surface area contributed by atoms with E-state index in [1.165, 1.54) is 18.0 Å². The van der Waals surface area contributed by atoms with Crippen LogP contribution >= 0.6 is 0 Å². The number of hydrogen-bond donors (Lipinski definition) is 2. The number of ether oxygens (including phenoxy) is 1. The van der Waals surface area contributed by atoms with E-state index in [0.717, 1.165) is 69.5 Å². The van der Waals surface area contributed by atoms with Gasteiger partial charge >= 0.3 is 6.09 Å². The Morgan fingerprint density at radius 2 is 1.77 bits per heavy atom. The van der Waals surface area contributed by atoms with Gasteiger partial charge in [0.25, 0.3) is 0 Å². The van der Waals surface area contributed by atoms with E-state index in [1.54, 1.807) is 4.57 Å². The monoisotopic (exact) mass is 655 g/mol. The summed E-state index contributed by atoms with van der Waals surface area (Å²) in [6.45, 7) is 11.3. The summed E-state index contributed by atoms with van der Waals surface area (Å²) in [4.78, 5) is 30.7. The summed E-state index contributed by atoms with van der Waals surface area (Å²) in [5.74, 6) is 0.960. The highest BCUT2D eigenvalue weighted by atomic mass is 19.1. The summed E-state index contributed by atoms with van der Waals surface area (Å²) in [5, 5.41) is 14.7. The molecule has 254 valence electrons. The second-order valence-corrected chi connectivity index (χ2v) is 14.6. The Morgan fingerprint density at radius 3 is 2.46 bits per heavy atom. The minimum absolute atomic E-state index is 0.202. The van der Waals surface area contributed by atoms with E-state index in [1.807, 2.05) is 44.7 Å². The zero-order valence-electron chi connectivity index (χ0n) is 28.4. The Labute approximate surface area is 281 Å². The molecule has 0 saturated carbocycles. The molecular weight excluding hydrogens is 609 g/mol. The molecule has 48 heavy (non-hydrogen) atoms. The van der Waals surface area contributed by atoms with Gasteiger partial charge in [0.1, 0.15) is 17.0 Å². The van der Waals surface area contributed by atoms with Crippen LogP contribution in [0.5, 0.6) is 0 Å². The molecule has 10 nitrogen and oxygen atoms in total. The summed E-state index contributed by atoms with van der Waals surface area (Å²) in [5.41, 5.74) is 2.86. The van der Waals surface area contributed by atoms with Crippen molar-refractivity contribution in [2.24, 2.45) is 0 Å². The second-order valence-electron chi connectivity index (χ2n) is 14.6. The van der Waals surface area contributed by atoms with Crippen LogP contribution in [-0.2, 0) is 16.8 Å². The number of nitrogens with one attached hydrogen (secondary N) is 1. The molecule has 3 aromatic heterocycles. The van der Waals surface area contributed by atoms with E-state index in [-0.39, 0.29) is 6.09 Å². The van der Waals surface area contributed by atoms with Crippen LogP contribution in [0.15, 0.2) is 48.8 Å². The molecule has 3 aliphatic rings. The number of piperidine rings is 2. The van der Waals surface area contributed by atoms with Crippen LogP contribution in [0.4, 0.5) is 20.8 Å². The van der Waals surface area contributed by atoms with Crippen molar-refractivity contribution in [2.75, 3.05) is 31.5 Å². The van der Waals surface area contributed by atoms with Crippen LogP contribution in [-0.4, -0.2) is 78.3 Å². The molecule has 0 unspecified atom stereocenters. The molecule has 1 aliphatic carbocycles. The largest absolute Gasteiger partial charge is 0.444 e. The van der Waals surface area contributed by atoms with Crippen molar-refractivity contribution in [1.29, 1.82) is 0 Å². The lowest BCUT2D eigenvalue weighted by molar-refractivity contribution is 0.0127. The van der Waals surface area contributed by atoms with Gasteiger partial charge in [0, 0.05) is 37.2 Å². The first-order valence-electron chi connectivity index (χ1n) is 17.4. The molecule has 7 rings (SSSR count). The van der Waals surface area contributed by atoms with Crippen molar-refractivity contribution in [3.63, 3.8) is 0 Å². The molecule has 1 aromatic carbocycles. The lowest BCUT2D eigenvalue weighted by atomic mass is 9.88. The number of hydrogen-bond acceptors (Lipinski definition) is 8. The first-order valence-corrected chi connectivity index (χ1v) is 17.4. The fourth-order valence-electron chi connectivity index (χ4n) is 7.53. The number of likely N-dealkylation sites (tertiary alicyclic amines) is 2. The van der Waals surface area contributed by atoms with Crippen LogP contribution in [0.25, 0.3) is 16.9 Å². The Balaban J connectivity index is 0.972. The van der Waals surface area contributed by atoms with Gasteiger partial charge in [-0.15, -0.1) is 0 Å². The molecular formula is C37H46FN7O3. The number of pyridine rings is 1. The summed E-state index contributed by atoms with van der Waals surface area (Å²) >= 11 is 0. The predicted molar refractivity (Wildman–Crippen MR) is 183 cm³/mol. The number of rotatable bonds is 6. The number of benzene rings is 1. The van der Waals surface area contributed by atoms with Gasteiger partial charge in [-0.05, 0) is 114 Å². The number of amides is 1. The highest BCUT2D eigenvalue weighted by Crippen LogP contribution is 2.39. The van der Waals surface area contributed by atoms with E-state index in [2.05, 4.69) is 44.5 Å². The lowest BCUT2D eigenvalue weighted by Gasteiger charge is -2.42. The number of aliphatic hydroxyl groups is 1. The molecule has 1 atom stereocenters. The van der Waals surface area contributed by atoms with E-state index in [4.69, 9.17) is 9.72 Å². The second kappa shape index (κ2) is 12.7. The Kier molecular flexibility index (Phi) is 8.62. The first-order chi connectivity index (χ1) is 23.0. The zero-order valence-corrected chi connectivity index (χ0v) is 28.4. The van der Waals surface area contributed by atoms with Crippen molar-refractivity contribution >= 4 is 28.8 Å². The number of fused-ring (bicyclic) bond motifs is 2. The maximum atomic E-state index is 15.0. The number of halogens is 1. The predicted octanol–water partition coefficient (Wildman–Crippen LogP) is 6.82. The van der Waals surface area contributed by atoms with E-state index < -0.39 is 17.0 Å². The molecule has 0 radical (unpaired) electrons. The molecule has 11 heteroatoms. The normalized spacial score (nSPS) is 21.1. The Bertz CT molecular complexity index is 1790. The van der Waals surface area contributed by atoms with Crippen molar-refractivity contribution in [3.8, 4) is 5.82 Å². The molecule has 2 fully saturated rings. The standard InChI is InChI=1S/C37H46FN7O3/c1-5-37(47)17-12-26-8-11-31(41-32(26)37)45-23-30(38)29-22-39-34(42-33(29)45)40-27-9-6-24(7-10-27)25-13-18-43(19-14-25)28-15-20-44(21-16-28)35(46)48-36(2,3)4/h6-11,22-23,25,28,47H,5,12-21H2,1-4H3,(H,39,40,42)/t37-/m1/s1. The number of anilines is 2. The summed E-state index contributed by atoms with van der Waals surface area (Å²) in [6.07, 6.45) is 8.85. The Hall–Kier alpha value is -4.09. The van der Waals surface area contributed by atoms with Gasteiger partial charge in [-0.25, -0.2) is 19.2 Å². The highest BCUT2D eigenvalue weighted by molar-refractivity contribution is 5.79. The fourth-order valence-corrected chi connectivity index (χ4v) is 7.53. The van der Waals surface area contributed by atoms with E-state index in [9.17, 15) is 14.3 Å². The zero-order chi connectivity index (χ0) is 33.6. The topological polar surface area (TPSA) is 109 Å². The van der Waals surface area contributed by atoms with Crippen molar-refractivity contribution in [2.45, 2.75) is 95.8 Å². The molecule has 2 N–H and O–H groups in total. The number of nitrogens with zero attached hydrogens (tertiary/aromatic N) is 6. The Morgan fingerprint density at radius 1 is 1.04 bits per heavy atom. The van der Waals surface area contributed by atoms with Crippen LogP contribution in [0.3, 0.4) is 0 Å². The van der Waals surface area contributed by atoms with Gasteiger partial charge in [-0.3, -0.25) is 4.57 Å². The first kappa shape index (κ1) is 32.5. The molecule has 5 heterocycles. The SMILES string of the molecule is CC[C@@]1(O)CCc2ccc(-n3cc(F)c4cnc(Nc5ccc(C6CCN(C7CCN(C(=O)OC(C)(C)C)CC7)CC6)cc5)nc43)nc21. The third-order valence-corrected chi connectivity index (χ3v) is 10.3. The van der Waals surface area contributed by atoms with Crippen molar-refractivity contribution in [1.82, 2.24) is 29.3 Å². The van der Waals surface area contributed by atoms with Gasteiger partial charge in [0.15, 0.2) is 11.5 Å². The van der Waals surface area contributed by atoms with E-state index in [0.29, 0.717) is 53.3 Å². The van der Waals surface area contributed by atoms with Crippen LogP contribution in [0, 0.1) is 5.82 Å². The minimum atomic E-state index is -0.958. The number of aryl methyl sites for hydroxylation is 1. The third-order valence-electron chi connectivity index (χ3n) is 10.3. The van der Waals surface area contributed by atoms with Gasteiger partial charge in [0.2, 0.25) is 5.95 Å². The van der Waals surface area contributed by atoms with Gasteiger partial charge in [-0.1, -0.05) is 25.1 Å². The maximum absolute atomic E-state index is 15.0. The van der Waals surface area contributed by atoms with Gasteiger partial charge in [0.05, 0.1) is 11.1 Å². The lowest BCUT2D eigenvalue weighted by Crippen LogP contribution is -2.49. The molecule has 2 saturated heterocycles. The average Bonchev–Trinajstić information content (AvgIpc) is 3.60. The summed E-state index contributed by atoms with van der Waals surface area (Å²) < 4.78 is 22.2. The average molecular weight is 656 g/mol. The van der Waals surface area contributed by atoms with Crippen LogP contribution in [0.1, 0.15) is 89.0 Å². The summed E-state index contributed by atoms with van der Waals surface area (Å²) in [7, 11) is 0. The molecule has 1 amide bonds. The molecule has 0 bridgehead atoms. The number of carbonyl (C=O) groups is 1. The third kappa shape index (κ3) is 6.50. The quantitative estimate of drug-likeness (QED) is 0.233. The van der Waals surface area contributed by atoms with Crippen molar-refractivity contribution < 1.29 is 19.0 Å². The molecule has 4 aromatic rings. The van der Waals surface area contributed by atoms with Crippen LogP contribution < -0.4 is 5.32 Å². The minimum Gasteiger partial charge on any atom is -0.444 e. The molecule has 2 aliphatic heterocycles. The fraction of sp³-hybridized carbons (Fsp3) is 0.514. The van der Waals surface area contributed by atoms with Crippen molar-refractivity contribution in [3.05, 3.63) is 71.4 Å². The van der Waals surface area contributed by atoms with Gasteiger partial charge < -0.3 is 25.0 Å². The van der Waals surface area contributed by atoms with Gasteiger partial charge in [-0.2, -0.15) is 4.98 Å². The highest BCUT2D eigenvalue weighted by Gasteiger charge is 2.37. The molecule has 0 spiro atoms. The summed E-state index contributed by atoms with van der Waals surface area (Å²) in [6, 6.07) is 12.8. The van der Waals surface area contributed by atoms with Crippen LogP contribution in [0.2, 0.25) is 0 Å². The maximum Gasteiger partial charge on any atom is 0.410 e.